The molecule has 2 aromatic heterocycles. The Balaban J connectivity index is 1.54. The van der Waals surface area contributed by atoms with E-state index in [0.29, 0.717) is 18.4 Å². The molecule has 0 atom stereocenters. The third-order valence-corrected chi connectivity index (χ3v) is 5.19. The fourth-order valence-corrected chi connectivity index (χ4v) is 3.65. The molecular formula is C22H19N3O5. The number of hydrogen-bond donors (Lipinski definition) is 2. The van der Waals surface area contributed by atoms with Gasteiger partial charge in [0.15, 0.2) is 0 Å². The third kappa shape index (κ3) is 3.43. The first-order valence-electron chi connectivity index (χ1n) is 9.42. The van der Waals surface area contributed by atoms with Gasteiger partial charge in [-0.1, -0.05) is 18.2 Å². The number of benzene rings is 2. The average molecular weight is 405 g/mol. The van der Waals surface area contributed by atoms with Gasteiger partial charge < -0.3 is 14.7 Å². The van der Waals surface area contributed by atoms with Gasteiger partial charge in [0.25, 0.3) is 11.6 Å². The van der Waals surface area contributed by atoms with E-state index in [2.05, 4.69) is 10.3 Å². The van der Waals surface area contributed by atoms with Gasteiger partial charge in [-0.2, -0.15) is 0 Å². The molecule has 2 N–H and O–H groups in total. The van der Waals surface area contributed by atoms with Crippen LogP contribution in [0.15, 0.2) is 51.7 Å². The van der Waals surface area contributed by atoms with Crippen molar-refractivity contribution in [1.29, 1.82) is 0 Å². The van der Waals surface area contributed by atoms with E-state index in [1.54, 1.807) is 0 Å². The fraction of sp³-hybridized carbons (Fsp3) is 0.182. The van der Waals surface area contributed by atoms with Crippen molar-refractivity contribution in [2.24, 2.45) is 0 Å². The average Bonchev–Trinajstić information content (AvgIpc) is 3.04. The SMILES string of the molecule is Cc1[nH]c2c(C)cccc2c1CCNC(=O)c1cc2cc([N+](=O)[O-])ccc2oc1=O. The lowest BCUT2D eigenvalue weighted by atomic mass is 10.1. The van der Waals surface area contributed by atoms with Crippen molar-refractivity contribution in [3.63, 3.8) is 0 Å². The Kier molecular flexibility index (Phi) is 4.83. The topological polar surface area (TPSA) is 118 Å². The zero-order valence-corrected chi connectivity index (χ0v) is 16.4. The van der Waals surface area contributed by atoms with Crippen LogP contribution in [0.3, 0.4) is 0 Å². The number of aryl methyl sites for hydroxylation is 2. The smallest absolute Gasteiger partial charge is 0.349 e. The molecule has 30 heavy (non-hydrogen) atoms. The minimum Gasteiger partial charge on any atom is -0.422 e. The molecule has 2 heterocycles. The van der Waals surface area contributed by atoms with E-state index < -0.39 is 16.5 Å². The Morgan fingerprint density at radius 2 is 2.00 bits per heavy atom. The molecule has 1 amide bonds. The lowest BCUT2D eigenvalue weighted by molar-refractivity contribution is -0.384. The molecule has 4 aromatic rings. The quantitative estimate of drug-likeness (QED) is 0.298. The molecule has 8 heteroatoms. The summed E-state index contributed by atoms with van der Waals surface area (Å²) in [5.41, 5.74) is 3.44. The van der Waals surface area contributed by atoms with Crippen molar-refractivity contribution < 1.29 is 14.1 Å². The molecule has 0 radical (unpaired) electrons. The monoisotopic (exact) mass is 405 g/mol. The van der Waals surface area contributed by atoms with Crippen molar-refractivity contribution in [3.8, 4) is 0 Å². The Bertz CT molecular complexity index is 1370. The maximum atomic E-state index is 12.5. The first-order chi connectivity index (χ1) is 14.3. The largest absolute Gasteiger partial charge is 0.422 e. The number of non-ortho nitro benzene ring substituents is 1. The van der Waals surface area contributed by atoms with Crippen LogP contribution in [0.1, 0.15) is 27.2 Å². The van der Waals surface area contributed by atoms with Crippen LogP contribution in [0.5, 0.6) is 0 Å². The summed E-state index contributed by atoms with van der Waals surface area (Å²) in [4.78, 5) is 38.5. The van der Waals surface area contributed by atoms with E-state index in [1.807, 2.05) is 32.0 Å². The van der Waals surface area contributed by atoms with Crippen molar-refractivity contribution in [2.75, 3.05) is 6.54 Å². The van der Waals surface area contributed by atoms with Crippen molar-refractivity contribution >= 4 is 33.5 Å². The summed E-state index contributed by atoms with van der Waals surface area (Å²) in [6.07, 6.45) is 0.589. The second kappa shape index (κ2) is 7.47. The van der Waals surface area contributed by atoms with Crippen LogP contribution in [0.25, 0.3) is 21.9 Å². The lowest BCUT2D eigenvalue weighted by Crippen LogP contribution is -2.30. The molecule has 0 fully saturated rings. The molecule has 0 aliphatic rings. The second-order valence-corrected chi connectivity index (χ2v) is 7.16. The summed E-state index contributed by atoms with van der Waals surface area (Å²) in [7, 11) is 0. The van der Waals surface area contributed by atoms with E-state index in [1.165, 1.54) is 24.3 Å². The molecule has 8 nitrogen and oxygen atoms in total. The zero-order valence-electron chi connectivity index (χ0n) is 16.4. The lowest BCUT2D eigenvalue weighted by Gasteiger charge is -2.06. The van der Waals surface area contributed by atoms with Crippen LogP contribution in [-0.2, 0) is 6.42 Å². The number of nitro benzene ring substituents is 1. The van der Waals surface area contributed by atoms with Crippen LogP contribution >= 0.6 is 0 Å². The summed E-state index contributed by atoms with van der Waals surface area (Å²) >= 11 is 0. The summed E-state index contributed by atoms with van der Waals surface area (Å²) in [6, 6.07) is 11.2. The van der Waals surface area contributed by atoms with Crippen molar-refractivity contribution in [1.82, 2.24) is 10.3 Å². The number of carbonyl (C=O) groups excluding carboxylic acids is 1. The van der Waals surface area contributed by atoms with E-state index in [0.717, 1.165) is 27.7 Å². The number of aromatic amines is 1. The Hall–Kier alpha value is -3.94. The number of nitro groups is 1. The summed E-state index contributed by atoms with van der Waals surface area (Å²) in [6.45, 7) is 4.35. The predicted molar refractivity (Wildman–Crippen MR) is 113 cm³/mol. The number of amides is 1. The fourth-order valence-electron chi connectivity index (χ4n) is 3.65. The van der Waals surface area contributed by atoms with Gasteiger partial charge >= 0.3 is 5.63 Å². The number of para-hydroxylation sites is 1. The highest BCUT2D eigenvalue weighted by molar-refractivity contribution is 5.97. The zero-order chi connectivity index (χ0) is 21.4. The first-order valence-corrected chi connectivity index (χ1v) is 9.42. The Morgan fingerprint density at radius 3 is 2.77 bits per heavy atom. The van der Waals surface area contributed by atoms with E-state index >= 15 is 0 Å². The van der Waals surface area contributed by atoms with E-state index in [4.69, 9.17) is 4.42 Å². The number of carbonyl (C=O) groups is 1. The predicted octanol–water partition coefficient (Wildman–Crippen LogP) is 3.77. The highest BCUT2D eigenvalue weighted by atomic mass is 16.6. The number of fused-ring (bicyclic) bond motifs is 2. The molecular weight excluding hydrogens is 386 g/mol. The van der Waals surface area contributed by atoms with Crippen LogP contribution in [-0.4, -0.2) is 22.4 Å². The van der Waals surface area contributed by atoms with Gasteiger partial charge in [0, 0.05) is 40.7 Å². The maximum absolute atomic E-state index is 12.5. The van der Waals surface area contributed by atoms with Crippen molar-refractivity contribution in [3.05, 3.63) is 85.4 Å². The van der Waals surface area contributed by atoms with Gasteiger partial charge in [0.05, 0.1) is 4.92 Å². The van der Waals surface area contributed by atoms with Gasteiger partial charge in [-0.25, -0.2) is 4.79 Å². The maximum Gasteiger partial charge on any atom is 0.349 e. The number of H-pyrrole nitrogens is 1. The van der Waals surface area contributed by atoms with Crippen LogP contribution in [0.2, 0.25) is 0 Å². The highest BCUT2D eigenvalue weighted by Gasteiger charge is 2.16. The minimum atomic E-state index is -0.784. The Morgan fingerprint density at radius 1 is 1.20 bits per heavy atom. The number of hydrogen-bond acceptors (Lipinski definition) is 5. The van der Waals surface area contributed by atoms with Crippen LogP contribution < -0.4 is 10.9 Å². The molecule has 0 aliphatic carbocycles. The van der Waals surface area contributed by atoms with Crippen LogP contribution in [0, 0.1) is 24.0 Å². The number of nitrogens with zero attached hydrogens (tertiary/aromatic N) is 1. The molecule has 4 rings (SSSR count). The van der Waals surface area contributed by atoms with E-state index in [9.17, 15) is 19.7 Å². The highest BCUT2D eigenvalue weighted by Crippen LogP contribution is 2.25. The van der Waals surface area contributed by atoms with Gasteiger partial charge in [0.1, 0.15) is 11.1 Å². The van der Waals surface area contributed by atoms with Crippen LogP contribution in [0.4, 0.5) is 5.69 Å². The molecule has 0 aliphatic heterocycles. The Labute approximate surface area is 170 Å². The molecule has 152 valence electrons. The van der Waals surface area contributed by atoms with E-state index in [-0.39, 0.29) is 16.8 Å². The molecule has 0 spiro atoms. The molecule has 2 aromatic carbocycles. The standard InChI is InChI=1S/C22H19N3O5/c1-12-4-3-5-17-16(13(2)24-20(12)17)8-9-23-21(26)18-11-14-10-15(25(28)29)6-7-19(14)30-22(18)27/h3-7,10-11,24H,8-9H2,1-2H3,(H,23,26). The van der Waals surface area contributed by atoms with Gasteiger partial charge in [-0.3, -0.25) is 14.9 Å². The number of nitrogens with one attached hydrogen (secondary N) is 2. The molecule has 0 bridgehead atoms. The molecule has 0 unspecified atom stereocenters. The van der Waals surface area contributed by atoms with Gasteiger partial charge in [-0.15, -0.1) is 0 Å². The van der Waals surface area contributed by atoms with Crippen molar-refractivity contribution in [2.45, 2.75) is 20.3 Å². The summed E-state index contributed by atoms with van der Waals surface area (Å²) in [5.74, 6) is -0.578. The summed E-state index contributed by atoms with van der Waals surface area (Å²) in [5, 5.41) is 15.1. The summed E-state index contributed by atoms with van der Waals surface area (Å²) < 4.78 is 5.15. The second-order valence-electron chi connectivity index (χ2n) is 7.16. The first kappa shape index (κ1) is 19.4. The number of aromatic nitrogens is 1. The van der Waals surface area contributed by atoms with Gasteiger partial charge in [-0.05, 0) is 43.5 Å². The minimum absolute atomic E-state index is 0.146. The molecule has 0 saturated heterocycles. The van der Waals surface area contributed by atoms with Gasteiger partial charge in [0.2, 0.25) is 0 Å². The third-order valence-electron chi connectivity index (χ3n) is 5.19. The number of rotatable bonds is 5. The molecule has 0 saturated carbocycles. The normalized spacial score (nSPS) is 11.1.